The van der Waals surface area contributed by atoms with E-state index >= 15 is 0 Å². The second kappa shape index (κ2) is 20.6. The largest absolute Gasteiger partial charge is 0.390 e. The SMILES string of the molecule is CC(C)C1CCCOC1.CC(C)C1CCOCC1.CC(C)C1CCOCC1C.CC(C)C1CCOCC1O. The summed E-state index contributed by atoms with van der Waals surface area (Å²) in [7, 11) is 0. The van der Waals surface area contributed by atoms with Gasteiger partial charge in [0.25, 0.3) is 0 Å². The van der Waals surface area contributed by atoms with E-state index in [-0.39, 0.29) is 6.10 Å². The zero-order chi connectivity index (χ0) is 28.5. The van der Waals surface area contributed by atoms with Gasteiger partial charge in [-0.3, -0.25) is 0 Å². The molecular weight excluding hydrogens is 476 g/mol. The second-order valence-electron chi connectivity index (χ2n) is 13.5. The predicted octanol–water partition coefficient (Wildman–Crippen LogP) is 7.49. The average Bonchev–Trinajstić information content (AvgIpc) is 2.91. The molecule has 0 spiro atoms. The number of hydrogen-bond acceptors (Lipinski definition) is 5. The Kier molecular flexibility index (Phi) is 19.5. The molecule has 0 amide bonds. The van der Waals surface area contributed by atoms with E-state index in [0.29, 0.717) is 18.4 Å². The fourth-order valence-electron chi connectivity index (χ4n) is 6.08. The van der Waals surface area contributed by atoms with Gasteiger partial charge in [-0.25, -0.2) is 0 Å². The third-order valence-corrected chi connectivity index (χ3v) is 9.15. The van der Waals surface area contributed by atoms with E-state index < -0.39 is 0 Å². The van der Waals surface area contributed by atoms with E-state index in [0.717, 1.165) is 94.1 Å². The Labute approximate surface area is 237 Å². The van der Waals surface area contributed by atoms with Crippen LogP contribution in [0.25, 0.3) is 0 Å². The van der Waals surface area contributed by atoms with Crippen molar-refractivity contribution in [3.63, 3.8) is 0 Å². The molecule has 4 fully saturated rings. The zero-order valence-corrected chi connectivity index (χ0v) is 26.8. The molecule has 4 rings (SSSR count). The van der Waals surface area contributed by atoms with Crippen LogP contribution in [0.5, 0.6) is 0 Å². The fraction of sp³-hybridized carbons (Fsp3) is 1.00. The van der Waals surface area contributed by atoms with E-state index in [1.807, 2.05) is 0 Å². The highest BCUT2D eigenvalue weighted by Crippen LogP contribution is 2.28. The van der Waals surface area contributed by atoms with Gasteiger partial charge in [-0.05, 0) is 91.8 Å². The van der Waals surface area contributed by atoms with Crippen LogP contribution >= 0.6 is 0 Å². The summed E-state index contributed by atoms with van der Waals surface area (Å²) in [4.78, 5) is 0. The van der Waals surface area contributed by atoms with Crippen LogP contribution in [0.2, 0.25) is 0 Å². The van der Waals surface area contributed by atoms with E-state index in [4.69, 9.17) is 18.9 Å². The van der Waals surface area contributed by atoms with Crippen LogP contribution in [0.1, 0.15) is 101 Å². The van der Waals surface area contributed by atoms with Gasteiger partial charge in [0.1, 0.15) is 0 Å². The van der Waals surface area contributed by atoms with Crippen molar-refractivity contribution in [2.24, 2.45) is 53.3 Å². The van der Waals surface area contributed by atoms with Crippen LogP contribution in [0, 0.1) is 53.3 Å². The van der Waals surface area contributed by atoms with Gasteiger partial charge in [-0.1, -0.05) is 62.3 Å². The quantitative estimate of drug-likeness (QED) is 0.399. The zero-order valence-electron chi connectivity index (χ0n) is 26.8. The molecule has 0 saturated carbocycles. The Hall–Kier alpha value is -0.200. The lowest BCUT2D eigenvalue weighted by Crippen LogP contribution is -2.35. The lowest BCUT2D eigenvalue weighted by Gasteiger charge is -2.31. The molecule has 5 unspecified atom stereocenters. The second-order valence-corrected chi connectivity index (χ2v) is 13.5. The third kappa shape index (κ3) is 15.0. The van der Waals surface area contributed by atoms with Crippen molar-refractivity contribution in [1.82, 2.24) is 0 Å². The molecule has 4 heterocycles. The van der Waals surface area contributed by atoms with Crippen molar-refractivity contribution >= 4 is 0 Å². The summed E-state index contributed by atoms with van der Waals surface area (Å²) in [6.07, 6.45) is 7.24. The van der Waals surface area contributed by atoms with Crippen molar-refractivity contribution in [1.29, 1.82) is 0 Å². The normalized spacial score (nSPS) is 30.6. The average molecular weight is 543 g/mol. The molecule has 0 aliphatic carbocycles. The number of rotatable bonds is 4. The number of hydrogen-bond donors (Lipinski definition) is 1. The van der Waals surface area contributed by atoms with Crippen molar-refractivity contribution in [2.75, 3.05) is 52.9 Å². The molecule has 4 saturated heterocycles. The van der Waals surface area contributed by atoms with Crippen molar-refractivity contribution in [3.05, 3.63) is 0 Å². The molecule has 0 bridgehead atoms. The highest BCUT2D eigenvalue weighted by Gasteiger charge is 2.26. The highest BCUT2D eigenvalue weighted by atomic mass is 16.5. The Morgan fingerprint density at radius 1 is 0.500 bits per heavy atom. The van der Waals surface area contributed by atoms with E-state index in [2.05, 4.69) is 62.3 Å². The highest BCUT2D eigenvalue weighted by molar-refractivity contribution is 4.75. The van der Waals surface area contributed by atoms with E-state index in [1.165, 1.54) is 32.1 Å². The maximum absolute atomic E-state index is 9.41. The van der Waals surface area contributed by atoms with Gasteiger partial charge in [-0.2, -0.15) is 0 Å². The fourth-order valence-corrected chi connectivity index (χ4v) is 6.08. The first-order chi connectivity index (χ1) is 18.0. The molecule has 0 aromatic heterocycles. The molecule has 5 atom stereocenters. The molecule has 0 aromatic rings. The molecular formula is C33H66O5. The van der Waals surface area contributed by atoms with Gasteiger partial charge < -0.3 is 24.1 Å². The van der Waals surface area contributed by atoms with Crippen LogP contribution in [0.3, 0.4) is 0 Å². The Balaban J connectivity index is 0.000000254. The molecule has 4 aliphatic rings. The van der Waals surface area contributed by atoms with Gasteiger partial charge in [0.2, 0.25) is 0 Å². The van der Waals surface area contributed by atoms with Gasteiger partial charge in [-0.15, -0.1) is 0 Å². The van der Waals surface area contributed by atoms with Crippen LogP contribution in [-0.2, 0) is 18.9 Å². The Morgan fingerprint density at radius 2 is 1.00 bits per heavy atom. The summed E-state index contributed by atoms with van der Waals surface area (Å²) in [5, 5.41) is 9.41. The Morgan fingerprint density at radius 3 is 1.34 bits per heavy atom. The summed E-state index contributed by atoms with van der Waals surface area (Å²) in [6, 6.07) is 0. The smallest absolute Gasteiger partial charge is 0.0805 e. The molecule has 5 nitrogen and oxygen atoms in total. The van der Waals surface area contributed by atoms with Gasteiger partial charge in [0.15, 0.2) is 0 Å². The molecule has 5 heteroatoms. The minimum Gasteiger partial charge on any atom is -0.390 e. The van der Waals surface area contributed by atoms with Crippen LogP contribution in [-0.4, -0.2) is 64.1 Å². The number of ether oxygens (including phenoxy) is 4. The van der Waals surface area contributed by atoms with Gasteiger partial charge in [0, 0.05) is 46.2 Å². The van der Waals surface area contributed by atoms with Crippen molar-refractivity contribution in [2.45, 2.75) is 107 Å². The molecule has 4 aliphatic heterocycles. The van der Waals surface area contributed by atoms with Crippen LogP contribution in [0.15, 0.2) is 0 Å². The topological polar surface area (TPSA) is 57.2 Å². The minimum absolute atomic E-state index is 0.228. The van der Waals surface area contributed by atoms with Crippen LogP contribution < -0.4 is 0 Å². The summed E-state index contributed by atoms with van der Waals surface area (Å²) >= 11 is 0. The van der Waals surface area contributed by atoms with Crippen LogP contribution in [0.4, 0.5) is 0 Å². The van der Waals surface area contributed by atoms with E-state index in [1.54, 1.807) is 0 Å². The molecule has 1 N–H and O–H groups in total. The van der Waals surface area contributed by atoms with Crippen molar-refractivity contribution in [3.8, 4) is 0 Å². The van der Waals surface area contributed by atoms with Crippen molar-refractivity contribution < 1.29 is 24.1 Å². The predicted molar refractivity (Wildman–Crippen MR) is 159 cm³/mol. The molecule has 0 aromatic carbocycles. The maximum atomic E-state index is 9.41. The van der Waals surface area contributed by atoms with Gasteiger partial charge in [0.05, 0.1) is 12.7 Å². The summed E-state index contributed by atoms with van der Waals surface area (Å²) in [5.74, 6) is 6.96. The lowest BCUT2D eigenvalue weighted by atomic mass is 9.81. The van der Waals surface area contributed by atoms with E-state index in [9.17, 15) is 5.11 Å². The number of aliphatic hydroxyl groups is 1. The monoisotopic (exact) mass is 542 g/mol. The Bertz CT molecular complexity index is 490. The maximum Gasteiger partial charge on any atom is 0.0805 e. The summed E-state index contributed by atoms with van der Waals surface area (Å²) in [6.45, 7) is 27.7. The molecule has 0 radical (unpaired) electrons. The van der Waals surface area contributed by atoms with Gasteiger partial charge >= 0.3 is 0 Å². The minimum atomic E-state index is -0.228. The first-order valence-electron chi connectivity index (χ1n) is 16.0. The summed E-state index contributed by atoms with van der Waals surface area (Å²) in [5.41, 5.74) is 0. The molecule has 38 heavy (non-hydrogen) atoms. The molecule has 228 valence electrons. The summed E-state index contributed by atoms with van der Waals surface area (Å²) < 4.78 is 21.1. The number of aliphatic hydroxyl groups excluding tert-OH is 1. The first-order valence-corrected chi connectivity index (χ1v) is 16.0. The third-order valence-electron chi connectivity index (χ3n) is 9.15. The lowest BCUT2D eigenvalue weighted by molar-refractivity contribution is -0.0572. The first kappa shape index (κ1) is 35.8. The standard InChI is InChI=1S/C9H18O.C8H16O2.2C8H16O/c1-7(2)9-4-5-10-6-8(9)3;1-6(2)7-3-4-10-5-8(7)9;1-7(2)8-3-5-9-6-4-8;1-7(2)8-4-3-5-9-6-8/h7-9H,4-6H2,1-3H3;6-9H,3-5H2,1-2H3;2*7-8H,3-6H2,1-2H3.